The van der Waals surface area contributed by atoms with Crippen LogP contribution in [0.2, 0.25) is 5.02 Å². The second kappa shape index (κ2) is 6.64. The minimum absolute atomic E-state index is 0.267. The molecule has 0 fully saturated rings. The fourth-order valence-electron chi connectivity index (χ4n) is 1.54. The largest absolute Gasteiger partial charge is 0.286 e. The highest BCUT2D eigenvalue weighted by atomic mass is 35.5. The van der Waals surface area contributed by atoms with E-state index in [1.54, 1.807) is 24.3 Å². The van der Waals surface area contributed by atoms with Crippen LogP contribution in [0.15, 0.2) is 53.6 Å². The zero-order valence-electron chi connectivity index (χ0n) is 10.7. The van der Waals surface area contributed by atoms with Gasteiger partial charge in [0.15, 0.2) is 0 Å². The maximum Gasteiger partial charge on any atom is 0.223 e. The zero-order valence-corrected chi connectivity index (χ0v) is 11.4. The van der Waals surface area contributed by atoms with Gasteiger partial charge in [-0.3, -0.25) is 10.2 Å². The maximum atomic E-state index is 12.8. The van der Waals surface area contributed by atoms with E-state index in [0.29, 0.717) is 10.7 Å². The van der Waals surface area contributed by atoms with Gasteiger partial charge in [0.2, 0.25) is 11.5 Å². The molecular formula is C15H9ClFN3O. The van der Waals surface area contributed by atoms with Crippen molar-refractivity contribution in [3.05, 3.63) is 64.9 Å². The molecule has 0 amide bonds. The first-order valence-electron chi connectivity index (χ1n) is 5.90. The molecule has 0 aromatic heterocycles. The lowest BCUT2D eigenvalue weighted by molar-refractivity contribution is 0.106. The Bertz CT molecular complexity index is 735. The summed E-state index contributed by atoms with van der Waals surface area (Å²) in [5, 5.41) is 13.1. The second-order valence-electron chi connectivity index (χ2n) is 4.03. The van der Waals surface area contributed by atoms with Crippen molar-refractivity contribution in [3.63, 3.8) is 0 Å². The first-order valence-corrected chi connectivity index (χ1v) is 6.27. The van der Waals surface area contributed by atoms with E-state index in [9.17, 15) is 9.18 Å². The van der Waals surface area contributed by atoms with E-state index in [4.69, 9.17) is 16.9 Å². The number of carbonyl (C=O) groups excluding carboxylic acids is 1. The number of hydrogen-bond donors (Lipinski definition) is 1. The Morgan fingerprint density at radius 3 is 2.57 bits per heavy atom. The van der Waals surface area contributed by atoms with Gasteiger partial charge in [0.05, 0.1) is 5.69 Å². The highest BCUT2D eigenvalue weighted by Crippen LogP contribution is 2.12. The van der Waals surface area contributed by atoms with Gasteiger partial charge in [-0.25, -0.2) is 4.39 Å². The predicted octanol–water partition coefficient (Wildman–Crippen LogP) is 3.65. The number of nitrogens with zero attached hydrogens (tertiary/aromatic N) is 2. The molecule has 2 aromatic rings. The van der Waals surface area contributed by atoms with E-state index >= 15 is 0 Å². The molecule has 0 atom stereocenters. The van der Waals surface area contributed by atoms with Crippen molar-refractivity contribution >= 4 is 28.8 Å². The molecule has 2 rings (SSSR count). The van der Waals surface area contributed by atoms with Gasteiger partial charge < -0.3 is 0 Å². The van der Waals surface area contributed by atoms with Gasteiger partial charge in [-0.1, -0.05) is 23.7 Å². The molecule has 1 N–H and O–H groups in total. The van der Waals surface area contributed by atoms with Gasteiger partial charge in [0.25, 0.3) is 0 Å². The number of hydrogen-bond acceptors (Lipinski definition) is 4. The van der Waals surface area contributed by atoms with Crippen molar-refractivity contribution in [3.8, 4) is 6.07 Å². The summed E-state index contributed by atoms with van der Waals surface area (Å²) in [6.07, 6.45) is 0. The van der Waals surface area contributed by atoms with Gasteiger partial charge in [0.1, 0.15) is 11.9 Å². The highest BCUT2D eigenvalue weighted by Gasteiger charge is 2.14. The van der Waals surface area contributed by atoms with Crippen LogP contribution in [0.4, 0.5) is 10.1 Å². The molecule has 0 aliphatic carbocycles. The quantitative estimate of drug-likeness (QED) is 0.532. The topological polar surface area (TPSA) is 65.2 Å². The van der Waals surface area contributed by atoms with E-state index in [1.807, 2.05) is 0 Å². The minimum Gasteiger partial charge on any atom is -0.286 e. The Balaban J connectivity index is 2.19. The van der Waals surface area contributed by atoms with E-state index in [-0.39, 0.29) is 17.1 Å². The van der Waals surface area contributed by atoms with E-state index in [1.165, 1.54) is 30.3 Å². The Morgan fingerprint density at radius 2 is 1.95 bits per heavy atom. The maximum absolute atomic E-state index is 12.8. The summed E-state index contributed by atoms with van der Waals surface area (Å²) >= 11 is 5.80. The van der Waals surface area contributed by atoms with Crippen molar-refractivity contribution in [1.29, 1.82) is 5.26 Å². The molecule has 6 heteroatoms. The van der Waals surface area contributed by atoms with Crippen molar-refractivity contribution in [2.75, 3.05) is 5.43 Å². The molecule has 0 saturated heterocycles. The molecule has 4 nitrogen and oxygen atoms in total. The lowest BCUT2D eigenvalue weighted by Crippen LogP contribution is -2.14. The summed E-state index contributed by atoms with van der Waals surface area (Å²) in [5.41, 5.74) is 2.94. The SMILES string of the molecule is N#C/C(=N\Nc1ccc(F)cc1)C(=O)c1cccc(Cl)c1. The molecule has 104 valence electrons. The fourth-order valence-corrected chi connectivity index (χ4v) is 1.73. The number of nitriles is 1. The minimum atomic E-state index is -0.547. The van der Waals surface area contributed by atoms with Crippen molar-refractivity contribution < 1.29 is 9.18 Å². The van der Waals surface area contributed by atoms with Crippen LogP contribution in [0.3, 0.4) is 0 Å². The first-order chi connectivity index (χ1) is 10.1. The van der Waals surface area contributed by atoms with Crippen LogP contribution in [0.5, 0.6) is 0 Å². The third-order valence-corrected chi connectivity index (χ3v) is 2.78. The number of halogens is 2. The van der Waals surface area contributed by atoms with Crippen LogP contribution in [0.1, 0.15) is 10.4 Å². The summed E-state index contributed by atoms with van der Waals surface area (Å²) < 4.78 is 12.8. The molecule has 0 bridgehead atoms. The smallest absolute Gasteiger partial charge is 0.223 e. The van der Waals surface area contributed by atoms with Gasteiger partial charge >= 0.3 is 0 Å². The standard InChI is InChI=1S/C15H9ClFN3O/c16-11-3-1-2-10(8-11)15(21)14(9-18)20-19-13-6-4-12(17)5-7-13/h1-8,19H/b20-14+. The number of hydrazone groups is 1. The normalized spacial score (nSPS) is 10.8. The predicted molar refractivity (Wildman–Crippen MR) is 78.9 cm³/mol. The molecule has 0 unspecified atom stereocenters. The third kappa shape index (κ3) is 3.88. The Labute approximate surface area is 125 Å². The van der Waals surface area contributed by atoms with Gasteiger partial charge in [0, 0.05) is 10.6 Å². The number of ketones is 1. The molecule has 2 aromatic carbocycles. The Kier molecular flexibility index (Phi) is 4.64. The van der Waals surface area contributed by atoms with Crippen LogP contribution in [-0.2, 0) is 0 Å². The van der Waals surface area contributed by atoms with Gasteiger partial charge in [-0.15, -0.1) is 0 Å². The average Bonchev–Trinajstić information content (AvgIpc) is 2.49. The summed E-state index contributed by atoms with van der Waals surface area (Å²) in [6, 6.07) is 13.3. The van der Waals surface area contributed by atoms with Gasteiger partial charge in [-0.2, -0.15) is 10.4 Å². The van der Waals surface area contributed by atoms with Crippen LogP contribution in [0, 0.1) is 17.1 Å². The average molecular weight is 302 g/mol. The molecule has 0 aliphatic rings. The van der Waals surface area contributed by atoms with E-state index in [2.05, 4.69) is 10.5 Å². The van der Waals surface area contributed by atoms with Gasteiger partial charge in [-0.05, 0) is 36.4 Å². The Morgan fingerprint density at radius 1 is 1.24 bits per heavy atom. The molecule has 0 aliphatic heterocycles. The first kappa shape index (κ1) is 14.7. The molecule has 0 radical (unpaired) electrons. The number of nitrogens with one attached hydrogen (secondary N) is 1. The number of benzene rings is 2. The monoisotopic (exact) mass is 301 g/mol. The van der Waals surface area contributed by atoms with Crippen LogP contribution < -0.4 is 5.43 Å². The number of carbonyl (C=O) groups is 1. The second-order valence-corrected chi connectivity index (χ2v) is 4.47. The third-order valence-electron chi connectivity index (χ3n) is 2.55. The van der Waals surface area contributed by atoms with Crippen molar-refractivity contribution in [1.82, 2.24) is 0 Å². The summed E-state index contributed by atoms with van der Waals surface area (Å²) in [4.78, 5) is 12.1. The van der Waals surface area contributed by atoms with Crippen LogP contribution in [-0.4, -0.2) is 11.5 Å². The van der Waals surface area contributed by atoms with Crippen molar-refractivity contribution in [2.45, 2.75) is 0 Å². The van der Waals surface area contributed by atoms with E-state index in [0.717, 1.165) is 0 Å². The lowest BCUT2D eigenvalue weighted by atomic mass is 10.1. The Hall–Kier alpha value is -2.71. The molecule has 0 saturated carbocycles. The van der Waals surface area contributed by atoms with E-state index < -0.39 is 5.78 Å². The fraction of sp³-hybridized carbons (Fsp3) is 0. The zero-order chi connectivity index (χ0) is 15.2. The number of anilines is 1. The summed E-state index contributed by atoms with van der Waals surface area (Å²) in [5.74, 6) is -0.936. The molecule has 0 spiro atoms. The molecule has 0 heterocycles. The van der Waals surface area contributed by atoms with Crippen LogP contribution >= 0.6 is 11.6 Å². The summed E-state index contributed by atoms with van der Waals surface area (Å²) in [7, 11) is 0. The number of Topliss-reactive ketones (excluding diaryl/α,β-unsaturated/α-hetero) is 1. The highest BCUT2D eigenvalue weighted by molar-refractivity contribution is 6.51. The molecular weight excluding hydrogens is 293 g/mol. The lowest BCUT2D eigenvalue weighted by Gasteiger charge is -2.02. The molecule has 21 heavy (non-hydrogen) atoms. The van der Waals surface area contributed by atoms with Crippen molar-refractivity contribution in [2.24, 2.45) is 5.10 Å². The summed E-state index contributed by atoms with van der Waals surface area (Å²) in [6.45, 7) is 0. The number of rotatable bonds is 4. The van der Waals surface area contributed by atoms with Crippen LogP contribution in [0.25, 0.3) is 0 Å².